The second-order valence-electron chi connectivity index (χ2n) is 6.41. The summed E-state index contributed by atoms with van der Waals surface area (Å²) in [5.74, 6) is -0.367. The number of benzene rings is 1. The predicted octanol–water partition coefficient (Wildman–Crippen LogP) is 2.19. The summed E-state index contributed by atoms with van der Waals surface area (Å²) in [5.41, 5.74) is 1.06. The Kier molecular flexibility index (Phi) is 5.90. The van der Waals surface area contributed by atoms with E-state index in [1.807, 2.05) is 25.1 Å². The molecule has 1 aromatic heterocycles. The molecule has 1 aromatic carbocycles. The fourth-order valence-electron chi connectivity index (χ4n) is 3.01. The van der Waals surface area contributed by atoms with Gasteiger partial charge in [-0.2, -0.15) is 4.31 Å². The van der Waals surface area contributed by atoms with Gasteiger partial charge >= 0.3 is 0 Å². The van der Waals surface area contributed by atoms with Crippen molar-refractivity contribution in [1.82, 2.24) is 14.2 Å². The summed E-state index contributed by atoms with van der Waals surface area (Å²) in [4.78, 5) is 12.8. The maximum atomic E-state index is 12.8. The Morgan fingerprint density at radius 2 is 1.93 bits per heavy atom. The molecule has 1 amide bonds. The van der Waals surface area contributed by atoms with Gasteiger partial charge < -0.3 is 14.6 Å². The van der Waals surface area contributed by atoms with Gasteiger partial charge in [0.25, 0.3) is 5.91 Å². The van der Waals surface area contributed by atoms with Crippen molar-refractivity contribution in [1.29, 1.82) is 0 Å². The van der Waals surface area contributed by atoms with Crippen LogP contribution in [-0.4, -0.2) is 49.5 Å². The summed E-state index contributed by atoms with van der Waals surface area (Å²) in [6, 6.07) is 8.35. The number of sulfonamides is 1. The number of hydrogen-bond acceptors (Lipinski definition) is 4. The summed E-state index contributed by atoms with van der Waals surface area (Å²) in [6.07, 6.45) is 1.46. The lowest BCUT2D eigenvalue weighted by molar-refractivity contribution is 0.0730. The average Bonchev–Trinajstić information content (AvgIpc) is 3.05. The number of carbonyl (C=O) groups is 1. The van der Waals surface area contributed by atoms with Crippen LogP contribution in [0, 0.1) is 0 Å². The van der Waals surface area contributed by atoms with Crippen molar-refractivity contribution in [2.24, 2.45) is 7.05 Å². The van der Waals surface area contributed by atoms with E-state index in [1.165, 1.54) is 21.1 Å². The lowest BCUT2D eigenvalue weighted by atomic mass is 10.1. The number of rotatable bonds is 5. The number of nitrogens with zero attached hydrogens (tertiary/aromatic N) is 2. The number of aromatic nitrogens is 1. The van der Waals surface area contributed by atoms with Crippen LogP contribution in [0.3, 0.4) is 0 Å². The van der Waals surface area contributed by atoms with Gasteiger partial charge in [-0.15, -0.1) is 0 Å². The molecule has 2 aromatic rings. The normalized spacial score (nSPS) is 16.9. The Bertz CT molecular complexity index is 936. The highest BCUT2D eigenvalue weighted by Gasteiger charge is 2.29. The highest BCUT2D eigenvalue weighted by Crippen LogP contribution is 2.23. The molecule has 2 heterocycles. The molecule has 0 saturated carbocycles. The minimum atomic E-state index is -3.65. The maximum Gasteiger partial charge on any atom is 0.268 e. The maximum absolute atomic E-state index is 12.8. The molecule has 146 valence electrons. The summed E-state index contributed by atoms with van der Waals surface area (Å²) < 4.78 is 33.6. The summed E-state index contributed by atoms with van der Waals surface area (Å²) in [5, 5.41) is 3.43. The van der Waals surface area contributed by atoms with Crippen molar-refractivity contribution in [3.8, 4) is 0 Å². The molecule has 27 heavy (non-hydrogen) atoms. The van der Waals surface area contributed by atoms with Crippen molar-refractivity contribution in [2.75, 3.05) is 26.3 Å². The first-order chi connectivity index (χ1) is 12.8. The Balaban J connectivity index is 1.79. The second kappa shape index (κ2) is 8.02. The van der Waals surface area contributed by atoms with Crippen LogP contribution in [0.4, 0.5) is 0 Å². The van der Waals surface area contributed by atoms with E-state index in [0.717, 1.165) is 5.56 Å². The van der Waals surface area contributed by atoms with Crippen LogP contribution in [0.25, 0.3) is 0 Å². The molecule has 0 aliphatic carbocycles. The summed E-state index contributed by atoms with van der Waals surface area (Å²) in [7, 11) is -2.01. The van der Waals surface area contributed by atoms with E-state index >= 15 is 0 Å². The zero-order valence-corrected chi connectivity index (χ0v) is 16.8. The first kappa shape index (κ1) is 19.9. The van der Waals surface area contributed by atoms with Gasteiger partial charge in [-0.3, -0.25) is 4.79 Å². The molecule has 1 unspecified atom stereocenters. The fourth-order valence-corrected chi connectivity index (χ4v) is 4.79. The van der Waals surface area contributed by atoms with Gasteiger partial charge in [0.05, 0.1) is 19.3 Å². The van der Waals surface area contributed by atoms with Gasteiger partial charge in [0.1, 0.15) is 10.6 Å². The van der Waals surface area contributed by atoms with Crippen LogP contribution in [0.1, 0.15) is 29.0 Å². The summed E-state index contributed by atoms with van der Waals surface area (Å²) >= 11 is 6.18. The molecule has 1 aliphatic rings. The van der Waals surface area contributed by atoms with Gasteiger partial charge in [0, 0.05) is 31.4 Å². The Morgan fingerprint density at radius 1 is 1.26 bits per heavy atom. The van der Waals surface area contributed by atoms with E-state index < -0.39 is 10.0 Å². The molecule has 0 radical (unpaired) electrons. The van der Waals surface area contributed by atoms with E-state index in [-0.39, 0.29) is 22.5 Å². The van der Waals surface area contributed by atoms with E-state index in [4.69, 9.17) is 16.3 Å². The van der Waals surface area contributed by atoms with Gasteiger partial charge in [0.15, 0.2) is 0 Å². The zero-order chi connectivity index (χ0) is 19.6. The second-order valence-corrected chi connectivity index (χ2v) is 8.75. The smallest absolute Gasteiger partial charge is 0.268 e. The number of aryl methyl sites for hydroxylation is 1. The molecule has 0 spiro atoms. The third kappa shape index (κ3) is 4.19. The largest absolute Gasteiger partial charge is 0.379 e. The minimum Gasteiger partial charge on any atom is -0.379 e. The molecular formula is C18H22ClN3O4S. The van der Waals surface area contributed by atoms with E-state index in [1.54, 1.807) is 13.1 Å². The van der Waals surface area contributed by atoms with Crippen LogP contribution in [0.5, 0.6) is 0 Å². The first-order valence-electron chi connectivity index (χ1n) is 8.60. The van der Waals surface area contributed by atoms with Gasteiger partial charge in [-0.1, -0.05) is 29.8 Å². The Morgan fingerprint density at radius 3 is 2.59 bits per heavy atom. The van der Waals surface area contributed by atoms with Crippen molar-refractivity contribution < 1.29 is 17.9 Å². The van der Waals surface area contributed by atoms with Crippen LogP contribution in [-0.2, 0) is 21.8 Å². The fraction of sp³-hybridized carbons (Fsp3) is 0.389. The number of hydrogen-bond donors (Lipinski definition) is 1. The SMILES string of the molecule is CC(NC(=O)c1cc(S(=O)(=O)N2CCOCC2)cn1C)c1ccccc1Cl. The zero-order valence-electron chi connectivity index (χ0n) is 15.2. The average molecular weight is 412 g/mol. The summed E-state index contributed by atoms with van der Waals surface area (Å²) in [6.45, 7) is 3.18. The van der Waals surface area contributed by atoms with Crippen LogP contribution in [0.15, 0.2) is 41.4 Å². The predicted molar refractivity (Wildman–Crippen MR) is 102 cm³/mol. The standard InChI is InChI=1S/C18H22ClN3O4S/c1-13(15-5-3-4-6-16(15)19)20-18(23)17-11-14(12-21(17)2)27(24,25)22-7-9-26-10-8-22/h3-6,11-13H,7-10H2,1-2H3,(H,20,23). The number of morpholine rings is 1. The van der Waals surface area contributed by atoms with Crippen LogP contribution in [0.2, 0.25) is 5.02 Å². The number of nitrogens with one attached hydrogen (secondary N) is 1. The quantitative estimate of drug-likeness (QED) is 0.817. The highest BCUT2D eigenvalue weighted by atomic mass is 35.5. The molecule has 1 saturated heterocycles. The molecule has 0 bridgehead atoms. The Labute approximate surface area is 163 Å². The van der Waals surface area contributed by atoms with Gasteiger partial charge in [0.2, 0.25) is 10.0 Å². The van der Waals surface area contributed by atoms with Crippen molar-refractivity contribution in [3.05, 3.63) is 52.8 Å². The lowest BCUT2D eigenvalue weighted by Gasteiger charge is -2.25. The molecule has 1 aliphatic heterocycles. The molecule has 9 heteroatoms. The van der Waals surface area contributed by atoms with Gasteiger partial charge in [-0.25, -0.2) is 8.42 Å². The lowest BCUT2D eigenvalue weighted by Crippen LogP contribution is -2.40. The third-order valence-electron chi connectivity index (χ3n) is 4.54. The van der Waals surface area contributed by atoms with E-state index in [2.05, 4.69) is 5.32 Å². The first-order valence-corrected chi connectivity index (χ1v) is 10.4. The number of halogens is 1. The molecule has 1 atom stereocenters. The monoisotopic (exact) mass is 411 g/mol. The highest BCUT2D eigenvalue weighted by molar-refractivity contribution is 7.89. The third-order valence-corrected chi connectivity index (χ3v) is 6.75. The molecular weight excluding hydrogens is 390 g/mol. The minimum absolute atomic E-state index is 0.0995. The number of amides is 1. The van der Waals surface area contributed by atoms with E-state index in [9.17, 15) is 13.2 Å². The van der Waals surface area contributed by atoms with Crippen LogP contribution >= 0.6 is 11.6 Å². The number of ether oxygens (including phenoxy) is 1. The topological polar surface area (TPSA) is 80.6 Å². The van der Waals surface area contributed by atoms with Crippen molar-refractivity contribution >= 4 is 27.5 Å². The van der Waals surface area contributed by atoms with Gasteiger partial charge in [-0.05, 0) is 24.6 Å². The molecule has 7 nitrogen and oxygen atoms in total. The number of carbonyl (C=O) groups excluding carboxylic acids is 1. The molecule has 1 N–H and O–H groups in total. The van der Waals surface area contributed by atoms with E-state index in [0.29, 0.717) is 31.3 Å². The van der Waals surface area contributed by atoms with Crippen molar-refractivity contribution in [2.45, 2.75) is 17.9 Å². The molecule has 1 fully saturated rings. The molecule has 3 rings (SSSR count). The Hall–Kier alpha value is -1.87. The van der Waals surface area contributed by atoms with Crippen molar-refractivity contribution in [3.63, 3.8) is 0 Å². The van der Waals surface area contributed by atoms with Crippen LogP contribution < -0.4 is 5.32 Å².